The van der Waals surface area contributed by atoms with Crippen LogP contribution in [0.5, 0.6) is 0 Å². The largest absolute Gasteiger partial charge is 0.450 e. The first-order chi connectivity index (χ1) is 10.7. The van der Waals surface area contributed by atoms with Gasteiger partial charge in [0.25, 0.3) is 0 Å². The highest BCUT2D eigenvalue weighted by molar-refractivity contribution is 9.09. The zero-order valence-electron chi connectivity index (χ0n) is 13.6. The second-order valence-corrected chi connectivity index (χ2v) is 6.58. The summed E-state index contributed by atoms with van der Waals surface area (Å²) in [5.74, 6) is 0.249. The van der Waals surface area contributed by atoms with E-state index in [-0.39, 0.29) is 18.0 Å². The summed E-state index contributed by atoms with van der Waals surface area (Å²) >= 11 is 3.40. The average Bonchev–Trinajstić information content (AvgIpc) is 2.52. The molecule has 128 valence electrons. The third-order valence-electron chi connectivity index (χ3n) is 3.92. The van der Waals surface area contributed by atoms with Gasteiger partial charge in [0.15, 0.2) is 0 Å². The molecule has 0 aromatic heterocycles. The molecule has 1 aliphatic rings. The molecule has 1 rings (SSSR count). The van der Waals surface area contributed by atoms with Gasteiger partial charge in [-0.05, 0) is 32.1 Å². The Labute approximate surface area is 142 Å². The number of hydrogen-bond acceptors (Lipinski definition) is 3. The smallest absolute Gasteiger partial charge is 0.407 e. The number of alkyl carbamates (subject to hydrolysis) is 1. The zero-order valence-corrected chi connectivity index (χ0v) is 15.2. The lowest BCUT2D eigenvalue weighted by Crippen LogP contribution is -2.46. The van der Waals surface area contributed by atoms with Gasteiger partial charge < -0.3 is 15.0 Å². The van der Waals surface area contributed by atoms with Crippen LogP contribution in [0.2, 0.25) is 0 Å². The van der Waals surface area contributed by atoms with Crippen LogP contribution in [0, 0.1) is 0 Å². The number of carbonyl (C=O) groups excluding carboxylic acids is 2. The Morgan fingerprint density at radius 2 is 1.91 bits per heavy atom. The molecule has 22 heavy (non-hydrogen) atoms. The van der Waals surface area contributed by atoms with E-state index in [4.69, 9.17) is 4.74 Å². The summed E-state index contributed by atoms with van der Waals surface area (Å²) in [6.07, 6.45) is 7.05. The molecular weight excluding hydrogens is 348 g/mol. The van der Waals surface area contributed by atoms with Gasteiger partial charge in [-0.1, -0.05) is 35.7 Å². The molecular formula is C16H29BrN2O3. The summed E-state index contributed by atoms with van der Waals surface area (Å²) in [5, 5.41) is 3.90. The number of piperidine rings is 1. The van der Waals surface area contributed by atoms with Crippen LogP contribution < -0.4 is 5.32 Å². The molecule has 0 saturated carbocycles. The molecule has 2 amide bonds. The van der Waals surface area contributed by atoms with E-state index < -0.39 is 0 Å². The Hall–Kier alpha value is -0.780. The summed E-state index contributed by atoms with van der Waals surface area (Å²) in [5.41, 5.74) is 0. The molecule has 1 fully saturated rings. The Morgan fingerprint density at radius 1 is 1.18 bits per heavy atom. The normalized spacial score (nSPS) is 15.6. The van der Waals surface area contributed by atoms with Gasteiger partial charge in [0.1, 0.15) is 0 Å². The number of carbonyl (C=O) groups is 2. The maximum atomic E-state index is 12.1. The standard InChI is InChI=1S/C16H29BrN2O3/c1-2-3-13-22-16(21)18-14-8-11-19(12-9-14)15(20)7-5-4-6-10-17/h14H,2-13H2,1H3,(H,18,21). The Balaban J connectivity index is 2.14. The van der Waals surface area contributed by atoms with Gasteiger partial charge in [-0.3, -0.25) is 4.79 Å². The van der Waals surface area contributed by atoms with Gasteiger partial charge in [-0.15, -0.1) is 0 Å². The first kappa shape index (κ1) is 19.3. The van der Waals surface area contributed by atoms with E-state index in [2.05, 4.69) is 28.2 Å². The van der Waals surface area contributed by atoms with E-state index >= 15 is 0 Å². The van der Waals surface area contributed by atoms with E-state index in [1.54, 1.807) is 0 Å². The molecule has 1 heterocycles. The summed E-state index contributed by atoms with van der Waals surface area (Å²) in [6.45, 7) is 4.01. The van der Waals surface area contributed by atoms with Crippen LogP contribution in [0.25, 0.3) is 0 Å². The quantitative estimate of drug-likeness (QED) is 0.495. The van der Waals surface area contributed by atoms with E-state index in [0.717, 1.165) is 63.4 Å². The van der Waals surface area contributed by atoms with Crippen molar-refractivity contribution in [3.63, 3.8) is 0 Å². The van der Waals surface area contributed by atoms with Gasteiger partial charge in [0.05, 0.1) is 6.61 Å². The van der Waals surface area contributed by atoms with Crippen LogP contribution in [0.4, 0.5) is 4.79 Å². The first-order valence-electron chi connectivity index (χ1n) is 8.44. The topological polar surface area (TPSA) is 58.6 Å². The van der Waals surface area contributed by atoms with Crippen molar-refractivity contribution in [3.8, 4) is 0 Å². The van der Waals surface area contributed by atoms with Crippen molar-refractivity contribution in [2.24, 2.45) is 0 Å². The predicted octanol–water partition coefficient (Wildman–Crippen LogP) is 3.46. The number of ether oxygens (including phenoxy) is 1. The molecule has 0 radical (unpaired) electrons. The fourth-order valence-corrected chi connectivity index (χ4v) is 2.89. The van der Waals surface area contributed by atoms with Crippen molar-refractivity contribution in [3.05, 3.63) is 0 Å². The van der Waals surface area contributed by atoms with Crippen molar-refractivity contribution in [2.45, 2.75) is 64.3 Å². The molecule has 0 aromatic carbocycles. The SMILES string of the molecule is CCCCOC(=O)NC1CCN(C(=O)CCCCCBr)CC1. The van der Waals surface area contributed by atoms with Crippen molar-refractivity contribution >= 4 is 27.9 Å². The maximum absolute atomic E-state index is 12.1. The lowest BCUT2D eigenvalue weighted by molar-refractivity contribution is -0.132. The van der Waals surface area contributed by atoms with Crippen LogP contribution >= 0.6 is 15.9 Å². The lowest BCUT2D eigenvalue weighted by Gasteiger charge is -2.32. The molecule has 1 N–H and O–H groups in total. The van der Waals surface area contributed by atoms with Crippen LogP contribution in [0.3, 0.4) is 0 Å². The molecule has 6 heteroatoms. The second kappa shape index (κ2) is 11.7. The number of amides is 2. The van der Waals surface area contributed by atoms with Gasteiger partial charge in [-0.2, -0.15) is 0 Å². The zero-order chi connectivity index (χ0) is 16.2. The van der Waals surface area contributed by atoms with E-state index in [9.17, 15) is 9.59 Å². The van der Waals surface area contributed by atoms with Crippen LogP contribution in [-0.2, 0) is 9.53 Å². The fraction of sp³-hybridized carbons (Fsp3) is 0.875. The highest BCUT2D eigenvalue weighted by Gasteiger charge is 2.23. The van der Waals surface area contributed by atoms with Crippen LogP contribution in [0.1, 0.15) is 58.3 Å². The number of unbranched alkanes of at least 4 members (excludes halogenated alkanes) is 3. The minimum Gasteiger partial charge on any atom is -0.450 e. The van der Waals surface area contributed by atoms with E-state index in [0.29, 0.717) is 13.0 Å². The van der Waals surface area contributed by atoms with Crippen molar-refractivity contribution in [1.29, 1.82) is 0 Å². The minimum atomic E-state index is -0.326. The number of likely N-dealkylation sites (tertiary alicyclic amines) is 1. The van der Waals surface area contributed by atoms with E-state index in [1.165, 1.54) is 0 Å². The summed E-state index contributed by atoms with van der Waals surface area (Å²) in [6, 6.07) is 0.131. The van der Waals surface area contributed by atoms with Crippen LogP contribution in [-0.4, -0.2) is 48.0 Å². The first-order valence-corrected chi connectivity index (χ1v) is 9.56. The lowest BCUT2D eigenvalue weighted by atomic mass is 10.0. The van der Waals surface area contributed by atoms with Crippen LogP contribution in [0.15, 0.2) is 0 Å². The molecule has 0 spiro atoms. The highest BCUT2D eigenvalue weighted by Crippen LogP contribution is 2.13. The highest BCUT2D eigenvalue weighted by atomic mass is 79.9. The third-order valence-corrected chi connectivity index (χ3v) is 4.49. The maximum Gasteiger partial charge on any atom is 0.407 e. The van der Waals surface area contributed by atoms with Crippen molar-refractivity contribution in [2.75, 3.05) is 25.0 Å². The number of nitrogens with one attached hydrogen (secondary N) is 1. The van der Waals surface area contributed by atoms with Gasteiger partial charge >= 0.3 is 6.09 Å². The van der Waals surface area contributed by atoms with Crippen molar-refractivity contribution in [1.82, 2.24) is 10.2 Å². The summed E-state index contributed by atoms with van der Waals surface area (Å²) < 4.78 is 5.10. The molecule has 5 nitrogen and oxygen atoms in total. The third kappa shape index (κ3) is 8.01. The number of hydrogen-bond donors (Lipinski definition) is 1. The fourth-order valence-electron chi connectivity index (χ4n) is 2.50. The molecule has 0 bridgehead atoms. The molecule has 1 saturated heterocycles. The summed E-state index contributed by atoms with van der Waals surface area (Å²) in [7, 11) is 0. The Kier molecular flexibility index (Phi) is 10.3. The minimum absolute atomic E-state index is 0.131. The second-order valence-electron chi connectivity index (χ2n) is 5.79. The molecule has 0 unspecified atom stereocenters. The van der Waals surface area contributed by atoms with E-state index in [1.807, 2.05) is 4.90 Å². The van der Waals surface area contributed by atoms with Gasteiger partial charge in [-0.25, -0.2) is 4.79 Å². The average molecular weight is 377 g/mol. The predicted molar refractivity (Wildman–Crippen MR) is 91.3 cm³/mol. The van der Waals surface area contributed by atoms with Gasteiger partial charge in [0, 0.05) is 30.9 Å². The monoisotopic (exact) mass is 376 g/mol. The molecule has 0 aliphatic carbocycles. The van der Waals surface area contributed by atoms with Gasteiger partial charge in [0.2, 0.25) is 5.91 Å². The Morgan fingerprint density at radius 3 is 2.55 bits per heavy atom. The molecule has 0 aromatic rings. The number of alkyl halides is 1. The number of nitrogens with zero attached hydrogens (tertiary/aromatic N) is 1. The molecule has 0 atom stereocenters. The summed E-state index contributed by atoms with van der Waals surface area (Å²) in [4.78, 5) is 25.6. The number of rotatable bonds is 9. The Bertz CT molecular complexity index is 331. The number of halogens is 1. The molecule has 1 aliphatic heterocycles. The van der Waals surface area contributed by atoms with Crippen molar-refractivity contribution < 1.29 is 14.3 Å².